The first kappa shape index (κ1) is 17.2. The Labute approximate surface area is 138 Å². The summed E-state index contributed by atoms with van der Waals surface area (Å²) in [5.74, 6) is -0.948. The monoisotopic (exact) mass is 333 g/mol. The average molecular weight is 333 g/mol. The van der Waals surface area contributed by atoms with Gasteiger partial charge in [-0.25, -0.2) is 8.78 Å². The maximum Gasteiger partial charge on any atom is 0.237 e. The molecule has 0 heterocycles. The van der Waals surface area contributed by atoms with Crippen molar-refractivity contribution >= 4 is 29.4 Å². The number of nitrogens with one attached hydrogen (secondary N) is 1. The van der Waals surface area contributed by atoms with Crippen molar-refractivity contribution in [1.82, 2.24) is 0 Å². The molecule has 2 aromatic rings. The summed E-state index contributed by atoms with van der Waals surface area (Å²) in [6.07, 6.45) is 3.94. The number of anilines is 1. The van der Waals surface area contributed by atoms with Crippen LogP contribution in [0, 0.1) is 11.6 Å². The third kappa shape index (κ3) is 5.53. The van der Waals surface area contributed by atoms with Crippen molar-refractivity contribution in [1.29, 1.82) is 0 Å². The van der Waals surface area contributed by atoms with Crippen molar-refractivity contribution in [3.63, 3.8) is 0 Å². The Morgan fingerprint density at radius 1 is 1.22 bits per heavy atom. The fourth-order valence-electron chi connectivity index (χ4n) is 1.85. The van der Waals surface area contributed by atoms with Gasteiger partial charge in [0.2, 0.25) is 5.91 Å². The van der Waals surface area contributed by atoms with E-state index in [1.807, 2.05) is 42.5 Å². The Hall–Kier alpha value is -2.14. The van der Waals surface area contributed by atoms with Gasteiger partial charge >= 0.3 is 0 Å². The largest absolute Gasteiger partial charge is 0.323 e. The highest BCUT2D eigenvalue weighted by Gasteiger charge is 2.15. The van der Waals surface area contributed by atoms with E-state index in [0.29, 0.717) is 5.75 Å². The lowest BCUT2D eigenvalue weighted by molar-refractivity contribution is -0.115. The molecule has 0 unspecified atom stereocenters. The van der Waals surface area contributed by atoms with Gasteiger partial charge in [-0.2, -0.15) is 0 Å². The molecule has 2 aromatic carbocycles. The summed E-state index contributed by atoms with van der Waals surface area (Å²) in [6, 6.07) is 12.8. The highest BCUT2D eigenvalue weighted by Crippen LogP contribution is 2.18. The molecule has 1 amide bonds. The third-order valence-electron chi connectivity index (χ3n) is 3.11. The molecule has 2 rings (SSSR count). The first-order valence-corrected chi connectivity index (χ1v) is 8.20. The summed E-state index contributed by atoms with van der Waals surface area (Å²) in [5.41, 5.74) is 0.953. The van der Waals surface area contributed by atoms with Crippen LogP contribution in [0.2, 0.25) is 0 Å². The molecule has 0 aromatic heterocycles. The number of carbonyl (C=O) groups is 1. The SMILES string of the molecule is C[C@H](SC/C=C\c1ccccc1)C(=O)Nc1cc(F)ccc1F. The lowest BCUT2D eigenvalue weighted by atomic mass is 10.2. The van der Waals surface area contributed by atoms with Gasteiger partial charge in [0.05, 0.1) is 10.9 Å². The van der Waals surface area contributed by atoms with E-state index in [2.05, 4.69) is 5.32 Å². The van der Waals surface area contributed by atoms with Gasteiger partial charge in [0.15, 0.2) is 0 Å². The number of rotatable bonds is 6. The molecule has 0 aliphatic heterocycles. The Kier molecular flexibility index (Phi) is 6.35. The molecule has 0 bridgehead atoms. The van der Waals surface area contributed by atoms with E-state index < -0.39 is 11.6 Å². The van der Waals surface area contributed by atoms with E-state index in [9.17, 15) is 13.6 Å². The van der Waals surface area contributed by atoms with E-state index in [1.54, 1.807) is 6.92 Å². The normalized spacial score (nSPS) is 12.3. The van der Waals surface area contributed by atoms with E-state index >= 15 is 0 Å². The zero-order chi connectivity index (χ0) is 16.7. The number of carbonyl (C=O) groups excluding carboxylic acids is 1. The fourth-order valence-corrected chi connectivity index (χ4v) is 2.56. The second kappa shape index (κ2) is 8.48. The maximum atomic E-state index is 13.5. The molecule has 23 heavy (non-hydrogen) atoms. The number of halogens is 2. The minimum absolute atomic E-state index is 0.137. The Morgan fingerprint density at radius 2 is 1.96 bits per heavy atom. The van der Waals surface area contributed by atoms with Gasteiger partial charge in [-0.05, 0) is 24.6 Å². The first-order chi connectivity index (χ1) is 11.1. The average Bonchev–Trinajstić information content (AvgIpc) is 2.55. The van der Waals surface area contributed by atoms with Crippen LogP contribution in [0.5, 0.6) is 0 Å². The summed E-state index contributed by atoms with van der Waals surface area (Å²) in [5, 5.41) is 2.03. The standard InChI is InChI=1S/C18H17F2NOS/c1-13(23-11-5-8-14-6-3-2-4-7-14)18(22)21-17-12-15(19)9-10-16(17)20/h2-10,12-13H,11H2,1H3,(H,21,22)/b8-5-/t13-/m0/s1. The lowest BCUT2D eigenvalue weighted by Crippen LogP contribution is -2.23. The molecule has 120 valence electrons. The quantitative estimate of drug-likeness (QED) is 0.827. The van der Waals surface area contributed by atoms with Gasteiger partial charge in [0.25, 0.3) is 0 Å². The van der Waals surface area contributed by atoms with Crippen molar-refractivity contribution in [3.05, 3.63) is 71.8 Å². The molecule has 1 N–H and O–H groups in total. The van der Waals surface area contributed by atoms with Crippen molar-refractivity contribution in [3.8, 4) is 0 Å². The summed E-state index contributed by atoms with van der Waals surface area (Å²) >= 11 is 1.42. The third-order valence-corrected chi connectivity index (χ3v) is 4.21. The molecule has 0 aliphatic carbocycles. The number of hydrogen-bond donors (Lipinski definition) is 1. The Morgan fingerprint density at radius 3 is 2.70 bits per heavy atom. The van der Waals surface area contributed by atoms with Crippen LogP contribution in [-0.2, 0) is 4.79 Å². The van der Waals surface area contributed by atoms with Crippen molar-refractivity contribution in [2.24, 2.45) is 0 Å². The van der Waals surface area contributed by atoms with E-state index in [4.69, 9.17) is 0 Å². The second-order valence-corrected chi connectivity index (χ2v) is 6.28. The van der Waals surface area contributed by atoms with Crippen LogP contribution in [0.4, 0.5) is 14.5 Å². The smallest absolute Gasteiger partial charge is 0.237 e. The second-order valence-electron chi connectivity index (χ2n) is 4.90. The predicted molar refractivity (Wildman–Crippen MR) is 92.4 cm³/mol. The molecule has 0 saturated heterocycles. The van der Waals surface area contributed by atoms with Gasteiger partial charge in [-0.15, -0.1) is 11.8 Å². The molecule has 5 heteroatoms. The van der Waals surface area contributed by atoms with Gasteiger partial charge in [-0.3, -0.25) is 4.79 Å². The van der Waals surface area contributed by atoms with E-state index in [1.165, 1.54) is 11.8 Å². The summed E-state index contributed by atoms with van der Waals surface area (Å²) < 4.78 is 26.6. The van der Waals surface area contributed by atoms with Gasteiger partial charge in [0, 0.05) is 11.8 Å². The first-order valence-electron chi connectivity index (χ1n) is 7.15. The number of hydrogen-bond acceptors (Lipinski definition) is 2. The summed E-state index contributed by atoms with van der Waals surface area (Å²) in [7, 11) is 0. The minimum Gasteiger partial charge on any atom is -0.323 e. The summed E-state index contributed by atoms with van der Waals surface area (Å²) in [6.45, 7) is 1.73. The van der Waals surface area contributed by atoms with Crippen LogP contribution in [0.25, 0.3) is 6.08 Å². The number of amides is 1. The maximum absolute atomic E-state index is 13.5. The molecule has 0 aliphatic rings. The van der Waals surface area contributed by atoms with Crippen molar-refractivity contribution in [2.75, 3.05) is 11.1 Å². The van der Waals surface area contributed by atoms with Gasteiger partial charge < -0.3 is 5.32 Å². The topological polar surface area (TPSA) is 29.1 Å². The van der Waals surface area contributed by atoms with Crippen LogP contribution >= 0.6 is 11.8 Å². The summed E-state index contributed by atoms with van der Waals surface area (Å²) in [4.78, 5) is 12.0. The number of thioether (sulfide) groups is 1. The van der Waals surface area contributed by atoms with Crippen LogP contribution in [0.3, 0.4) is 0 Å². The molecule has 0 radical (unpaired) electrons. The predicted octanol–water partition coefficient (Wildman–Crippen LogP) is 4.74. The molecule has 0 fully saturated rings. The minimum atomic E-state index is -0.652. The zero-order valence-electron chi connectivity index (χ0n) is 12.6. The number of benzene rings is 2. The van der Waals surface area contributed by atoms with E-state index in [-0.39, 0.29) is 16.8 Å². The molecule has 0 spiro atoms. The van der Waals surface area contributed by atoms with Crippen LogP contribution in [0.15, 0.2) is 54.6 Å². The molecule has 1 atom stereocenters. The van der Waals surface area contributed by atoms with Gasteiger partial charge in [0.1, 0.15) is 11.6 Å². The Balaban J connectivity index is 1.83. The van der Waals surface area contributed by atoms with Crippen molar-refractivity contribution in [2.45, 2.75) is 12.2 Å². The van der Waals surface area contributed by atoms with Crippen LogP contribution < -0.4 is 5.32 Å². The molecular formula is C18H17F2NOS. The molecule has 2 nitrogen and oxygen atoms in total. The highest BCUT2D eigenvalue weighted by atomic mass is 32.2. The Bertz CT molecular complexity index is 689. The zero-order valence-corrected chi connectivity index (χ0v) is 13.4. The molecular weight excluding hydrogens is 316 g/mol. The lowest BCUT2D eigenvalue weighted by Gasteiger charge is -2.11. The molecule has 0 saturated carbocycles. The highest BCUT2D eigenvalue weighted by molar-refractivity contribution is 8.00. The fraction of sp³-hybridized carbons (Fsp3) is 0.167. The van der Waals surface area contributed by atoms with Crippen molar-refractivity contribution < 1.29 is 13.6 Å². The van der Waals surface area contributed by atoms with Crippen LogP contribution in [-0.4, -0.2) is 16.9 Å². The van der Waals surface area contributed by atoms with Gasteiger partial charge in [-0.1, -0.05) is 42.5 Å². The van der Waals surface area contributed by atoms with E-state index in [0.717, 1.165) is 23.8 Å². The van der Waals surface area contributed by atoms with Crippen LogP contribution in [0.1, 0.15) is 12.5 Å².